The van der Waals surface area contributed by atoms with Crippen LogP contribution < -0.4 is 5.32 Å². The van der Waals surface area contributed by atoms with Crippen molar-refractivity contribution in [2.75, 3.05) is 18.4 Å². The molecule has 0 saturated carbocycles. The zero-order valence-electron chi connectivity index (χ0n) is 11.0. The summed E-state index contributed by atoms with van der Waals surface area (Å²) in [5, 5.41) is 5.42. The predicted molar refractivity (Wildman–Crippen MR) is 76.4 cm³/mol. The van der Waals surface area contributed by atoms with Crippen LogP contribution in [0.25, 0.3) is 10.2 Å². The summed E-state index contributed by atoms with van der Waals surface area (Å²) >= 11 is 1.63. The first kappa shape index (κ1) is 12.3. The first-order valence-electron chi connectivity index (χ1n) is 6.43. The second kappa shape index (κ2) is 4.77. The molecule has 1 N–H and O–H groups in total. The lowest BCUT2D eigenvalue weighted by Gasteiger charge is -2.15. The topological polar surface area (TPSA) is 58.1 Å². The molecule has 0 aliphatic carbocycles. The number of anilines is 1. The number of likely N-dealkylation sites (tertiary alicyclic amines) is 1. The Morgan fingerprint density at radius 3 is 3.11 bits per heavy atom. The van der Waals surface area contributed by atoms with Gasteiger partial charge in [-0.3, -0.25) is 4.79 Å². The van der Waals surface area contributed by atoms with Crippen molar-refractivity contribution in [2.45, 2.75) is 26.3 Å². The van der Waals surface area contributed by atoms with Crippen molar-refractivity contribution in [3.05, 3.63) is 17.3 Å². The van der Waals surface area contributed by atoms with Crippen LogP contribution in [-0.4, -0.2) is 39.9 Å². The number of aromatic nitrogens is 2. The standard InChI is InChI=1S/C13H16N4OS/c1-3-17-7-9(6-11(17)18)16-13-12-10(4-5-19-12)14-8(2)15-13/h4-5,9H,3,6-7H2,1-2H3,(H,14,15,16). The lowest BCUT2D eigenvalue weighted by atomic mass is 10.2. The monoisotopic (exact) mass is 276 g/mol. The molecule has 0 aromatic carbocycles. The number of thiophene rings is 1. The average molecular weight is 276 g/mol. The van der Waals surface area contributed by atoms with Gasteiger partial charge in [0.15, 0.2) is 0 Å². The highest BCUT2D eigenvalue weighted by Gasteiger charge is 2.28. The van der Waals surface area contributed by atoms with Crippen molar-refractivity contribution in [3.63, 3.8) is 0 Å². The molecule has 1 atom stereocenters. The van der Waals surface area contributed by atoms with E-state index in [9.17, 15) is 4.79 Å². The van der Waals surface area contributed by atoms with Crippen LogP contribution in [0.3, 0.4) is 0 Å². The van der Waals surface area contributed by atoms with Crippen molar-refractivity contribution in [3.8, 4) is 0 Å². The minimum absolute atomic E-state index is 0.145. The molecule has 0 bridgehead atoms. The number of aryl methyl sites for hydroxylation is 1. The SMILES string of the molecule is CCN1CC(Nc2nc(C)nc3ccsc23)CC1=O. The summed E-state index contributed by atoms with van der Waals surface area (Å²) in [5.41, 5.74) is 0.969. The van der Waals surface area contributed by atoms with Gasteiger partial charge < -0.3 is 10.2 Å². The van der Waals surface area contributed by atoms with Crippen molar-refractivity contribution in [2.24, 2.45) is 0 Å². The van der Waals surface area contributed by atoms with Gasteiger partial charge in [0.2, 0.25) is 5.91 Å². The highest BCUT2D eigenvalue weighted by molar-refractivity contribution is 7.17. The maximum atomic E-state index is 11.7. The van der Waals surface area contributed by atoms with Crippen LogP contribution in [0.15, 0.2) is 11.4 Å². The number of hydrogen-bond acceptors (Lipinski definition) is 5. The summed E-state index contributed by atoms with van der Waals surface area (Å²) in [6.45, 7) is 5.42. The molecule has 6 heteroatoms. The molecule has 1 amide bonds. The Hall–Kier alpha value is -1.69. The summed E-state index contributed by atoms with van der Waals surface area (Å²) in [6, 6.07) is 2.14. The van der Waals surface area contributed by atoms with Crippen molar-refractivity contribution in [1.82, 2.24) is 14.9 Å². The lowest BCUT2D eigenvalue weighted by molar-refractivity contribution is -0.127. The van der Waals surface area contributed by atoms with Gasteiger partial charge in [0.1, 0.15) is 11.6 Å². The summed E-state index contributed by atoms with van der Waals surface area (Å²) < 4.78 is 1.06. The first-order chi connectivity index (χ1) is 9.17. The Labute approximate surface area is 115 Å². The van der Waals surface area contributed by atoms with Crippen LogP contribution in [0.5, 0.6) is 0 Å². The van der Waals surface area contributed by atoms with Gasteiger partial charge in [-0.15, -0.1) is 11.3 Å². The molecular formula is C13H16N4OS. The molecule has 5 nitrogen and oxygen atoms in total. The second-order valence-electron chi connectivity index (χ2n) is 4.73. The second-order valence-corrected chi connectivity index (χ2v) is 5.65. The van der Waals surface area contributed by atoms with Crippen LogP contribution in [0.2, 0.25) is 0 Å². The van der Waals surface area contributed by atoms with Crippen LogP contribution in [0.1, 0.15) is 19.2 Å². The van der Waals surface area contributed by atoms with E-state index in [1.165, 1.54) is 0 Å². The molecule has 2 aromatic rings. The van der Waals surface area contributed by atoms with Gasteiger partial charge in [0, 0.05) is 19.5 Å². The van der Waals surface area contributed by atoms with E-state index >= 15 is 0 Å². The van der Waals surface area contributed by atoms with E-state index in [4.69, 9.17) is 0 Å². The van der Waals surface area contributed by atoms with Crippen LogP contribution in [0, 0.1) is 6.92 Å². The molecule has 19 heavy (non-hydrogen) atoms. The number of likely N-dealkylation sites (N-methyl/N-ethyl adjacent to an activating group) is 1. The zero-order chi connectivity index (χ0) is 13.4. The van der Waals surface area contributed by atoms with Crippen molar-refractivity contribution >= 4 is 33.3 Å². The quantitative estimate of drug-likeness (QED) is 0.932. The minimum atomic E-state index is 0.145. The number of hydrogen-bond donors (Lipinski definition) is 1. The summed E-state index contributed by atoms with van der Waals surface area (Å²) in [5.74, 6) is 1.83. The molecule has 2 aromatic heterocycles. The molecule has 1 fully saturated rings. The van der Waals surface area contributed by atoms with Crippen molar-refractivity contribution < 1.29 is 4.79 Å². The third-order valence-corrected chi connectivity index (χ3v) is 4.26. The molecule has 3 heterocycles. The lowest BCUT2D eigenvalue weighted by Crippen LogP contribution is -2.27. The average Bonchev–Trinajstić information content (AvgIpc) is 2.95. The van der Waals surface area contributed by atoms with Gasteiger partial charge in [-0.2, -0.15) is 0 Å². The van der Waals surface area contributed by atoms with Crippen LogP contribution in [0.4, 0.5) is 5.82 Å². The Bertz CT molecular complexity index is 624. The normalized spacial score (nSPS) is 19.4. The van der Waals surface area contributed by atoms with E-state index in [2.05, 4.69) is 15.3 Å². The zero-order valence-corrected chi connectivity index (χ0v) is 11.8. The van der Waals surface area contributed by atoms with Crippen LogP contribution in [-0.2, 0) is 4.79 Å². The number of nitrogens with one attached hydrogen (secondary N) is 1. The Morgan fingerprint density at radius 2 is 2.37 bits per heavy atom. The number of carbonyl (C=O) groups is 1. The Kier molecular flexibility index (Phi) is 3.10. The van der Waals surface area contributed by atoms with Gasteiger partial charge in [-0.1, -0.05) is 0 Å². The maximum absolute atomic E-state index is 11.7. The van der Waals surface area contributed by atoms with Gasteiger partial charge >= 0.3 is 0 Å². The highest BCUT2D eigenvalue weighted by Crippen LogP contribution is 2.27. The van der Waals surface area contributed by atoms with E-state index in [-0.39, 0.29) is 11.9 Å². The molecule has 1 saturated heterocycles. The molecule has 3 rings (SSSR count). The molecule has 0 spiro atoms. The van der Waals surface area contributed by atoms with Crippen LogP contribution >= 0.6 is 11.3 Å². The molecule has 100 valence electrons. The number of nitrogens with zero attached hydrogens (tertiary/aromatic N) is 3. The number of amides is 1. The third kappa shape index (κ3) is 2.28. The molecule has 1 aliphatic rings. The van der Waals surface area contributed by atoms with E-state index < -0.39 is 0 Å². The fourth-order valence-electron chi connectivity index (χ4n) is 2.45. The number of fused-ring (bicyclic) bond motifs is 1. The number of rotatable bonds is 3. The maximum Gasteiger partial charge on any atom is 0.224 e. The van der Waals surface area contributed by atoms with Gasteiger partial charge in [-0.25, -0.2) is 9.97 Å². The largest absolute Gasteiger partial charge is 0.364 e. The predicted octanol–water partition coefficient (Wildman–Crippen LogP) is 2.03. The first-order valence-corrected chi connectivity index (χ1v) is 7.31. The van der Waals surface area contributed by atoms with E-state index in [1.54, 1.807) is 11.3 Å². The van der Waals surface area contributed by atoms with E-state index in [1.807, 2.05) is 30.2 Å². The Balaban J connectivity index is 1.86. The summed E-state index contributed by atoms with van der Waals surface area (Å²) in [7, 11) is 0. The van der Waals surface area contributed by atoms with Gasteiger partial charge in [0.25, 0.3) is 0 Å². The fourth-order valence-corrected chi connectivity index (χ4v) is 3.23. The summed E-state index contributed by atoms with van der Waals surface area (Å²) in [6.07, 6.45) is 0.545. The van der Waals surface area contributed by atoms with E-state index in [0.717, 1.165) is 34.9 Å². The minimum Gasteiger partial charge on any atom is -0.364 e. The third-order valence-electron chi connectivity index (χ3n) is 3.35. The molecule has 1 unspecified atom stereocenters. The fraction of sp³-hybridized carbons (Fsp3) is 0.462. The van der Waals surface area contributed by atoms with Crippen molar-refractivity contribution in [1.29, 1.82) is 0 Å². The smallest absolute Gasteiger partial charge is 0.224 e. The molecule has 0 radical (unpaired) electrons. The highest BCUT2D eigenvalue weighted by atomic mass is 32.1. The van der Waals surface area contributed by atoms with Gasteiger partial charge in [0.05, 0.1) is 16.3 Å². The molecule has 1 aliphatic heterocycles. The van der Waals surface area contributed by atoms with E-state index in [0.29, 0.717) is 6.42 Å². The summed E-state index contributed by atoms with van der Waals surface area (Å²) in [4.78, 5) is 22.5. The Morgan fingerprint density at radius 1 is 1.53 bits per heavy atom. The van der Waals surface area contributed by atoms with Gasteiger partial charge in [-0.05, 0) is 25.3 Å². The molecular weight excluding hydrogens is 260 g/mol. The number of carbonyl (C=O) groups excluding carboxylic acids is 1.